The topological polar surface area (TPSA) is 83.4 Å². The van der Waals surface area contributed by atoms with Crippen LogP contribution in [0.4, 0.5) is 0 Å². The van der Waals surface area contributed by atoms with Gasteiger partial charge in [0.05, 0.1) is 6.26 Å². The highest BCUT2D eigenvalue weighted by Gasteiger charge is 2.27. The van der Waals surface area contributed by atoms with Gasteiger partial charge in [-0.1, -0.05) is 13.8 Å². The fourth-order valence-corrected chi connectivity index (χ4v) is 2.42. The first kappa shape index (κ1) is 15.6. The van der Waals surface area contributed by atoms with Gasteiger partial charge in [-0.3, -0.25) is 9.59 Å². The maximum absolute atomic E-state index is 12.4. The minimum absolute atomic E-state index is 0.000428. The molecule has 21 heavy (non-hydrogen) atoms. The Morgan fingerprint density at radius 3 is 2.81 bits per heavy atom. The van der Waals surface area contributed by atoms with Crippen molar-refractivity contribution in [2.75, 3.05) is 13.1 Å². The number of carbonyl (C=O) groups is 2. The summed E-state index contributed by atoms with van der Waals surface area (Å²) in [6, 6.07) is 2.79. The predicted octanol–water partition coefficient (Wildman–Crippen LogP) is 0.902. The van der Waals surface area contributed by atoms with Crippen LogP contribution >= 0.6 is 0 Å². The maximum atomic E-state index is 12.4. The van der Waals surface area contributed by atoms with Crippen molar-refractivity contribution in [1.29, 1.82) is 0 Å². The summed E-state index contributed by atoms with van der Waals surface area (Å²) in [5.74, 6) is -0.289. The SMILES string of the molecule is CC(C)C(NC(=O)c1ccco1)C(=O)NC1CCCNC1. The van der Waals surface area contributed by atoms with Gasteiger partial charge in [0.1, 0.15) is 6.04 Å². The predicted molar refractivity (Wildman–Crippen MR) is 78.8 cm³/mol. The van der Waals surface area contributed by atoms with Crippen LogP contribution < -0.4 is 16.0 Å². The molecule has 2 rings (SSSR count). The third-order valence-corrected chi connectivity index (χ3v) is 3.62. The normalized spacial score (nSPS) is 20.0. The van der Waals surface area contributed by atoms with Crippen molar-refractivity contribution < 1.29 is 14.0 Å². The monoisotopic (exact) mass is 293 g/mol. The van der Waals surface area contributed by atoms with Crippen LogP contribution in [0.15, 0.2) is 22.8 Å². The largest absolute Gasteiger partial charge is 0.459 e. The number of hydrogen-bond donors (Lipinski definition) is 3. The van der Waals surface area contributed by atoms with E-state index in [0.717, 1.165) is 25.9 Å². The molecule has 2 heterocycles. The first-order chi connectivity index (χ1) is 10.1. The number of rotatable bonds is 5. The van der Waals surface area contributed by atoms with E-state index in [9.17, 15) is 9.59 Å². The van der Waals surface area contributed by atoms with Crippen LogP contribution in [0, 0.1) is 5.92 Å². The lowest BCUT2D eigenvalue weighted by molar-refractivity contribution is -0.124. The van der Waals surface area contributed by atoms with Crippen molar-refractivity contribution in [1.82, 2.24) is 16.0 Å². The molecule has 0 bridgehead atoms. The molecule has 1 saturated heterocycles. The van der Waals surface area contributed by atoms with Gasteiger partial charge in [0.15, 0.2) is 5.76 Å². The van der Waals surface area contributed by atoms with Crippen molar-refractivity contribution >= 4 is 11.8 Å². The van der Waals surface area contributed by atoms with Crippen LogP contribution in [0.25, 0.3) is 0 Å². The fourth-order valence-electron chi connectivity index (χ4n) is 2.42. The molecule has 2 unspecified atom stereocenters. The lowest BCUT2D eigenvalue weighted by atomic mass is 10.0. The molecule has 1 aromatic heterocycles. The first-order valence-corrected chi connectivity index (χ1v) is 7.43. The van der Waals surface area contributed by atoms with Gasteiger partial charge in [0, 0.05) is 12.6 Å². The molecule has 6 nitrogen and oxygen atoms in total. The molecule has 116 valence electrons. The minimum atomic E-state index is -0.565. The molecule has 3 N–H and O–H groups in total. The third kappa shape index (κ3) is 4.32. The van der Waals surface area contributed by atoms with Crippen molar-refractivity contribution in [2.45, 2.75) is 38.8 Å². The Bertz CT molecular complexity index is 465. The fraction of sp³-hybridized carbons (Fsp3) is 0.600. The number of carbonyl (C=O) groups excluding carboxylic acids is 2. The van der Waals surface area contributed by atoms with E-state index >= 15 is 0 Å². The molecule has 1 fully saturated rings. The summed E-state index contributed by atoms with van der Waals surface area (Å²) in [6.45, 7) is 5.59. The van der Waals surface area contributed by atoms with Crippen LogP contribution in [0.5, 0.6) is 0 Å². The van der Waals surface area contributed by atoms with E-state index in [0.29, 0.717) is 0 Å². The summed E-state index contributed by atoms with van der Waals surface area (Å²) in [6.07, 6.45) is 3.46. The molecule has 0 aliphatic carbocycles. The molecule has 1 aromatic rings. The van der Waals surface area contributed by atoms with Crippen molar-refractivity contribution in [3.63, 3.8) is 0 Å². The number of hydrogen-bond acceptors (Lipinski definition) is 4. The zero-order chi connectivity index (χ0) is 15.2. The summed E-state index contributed by atoms with van der Waals surface area (Å²) in [4.78, 5) is 24.4. The summed E-state index contributed by atoms with van der Waals surface area (Å²) in [7, 11) is 0. The summed E-state index contributed by atoms with van der Waals surface area (Å²) in [5.41, 5.74) is 0. The minimum Gasteiger partial charge on any atom is -0.459 e. The summed E-state index contributed by atoms with van der Waals surface area (Å²) >= 11 is 0. The molecule has 6 heteroatoms. The zero-order valence-electron chi connectivity index (χ0n) is 12.5. The van der Waals surface area contributed by atoms with E-state index in [1.165, 1.54) is 6.26 Å². The number of piperidine rings is 1. The Kier molecular flexibility index (Phi) is 5.38. The average Bonchev–Trinajstić information content (AvgIpc) is 2.99. The van der Waals surface area contributed by atoms with Gasteiger partial charge in [0.2, 0.25) is 5.91 Å². The van der Waals surface area contributed by atoms with Crippen molar-refractivity contribution in [3.8, 4) is 0 Å². The van der Waals surface area contributed by atoms with Crippen LogP contribution in [0.2, 0.25) is 0 Å². The molecule has 0 aromatic carbocycles. The second kappa shape index (κ2) is 7.26. The maximum Gasteiger partial charge on any atom is 0.287 e. The van der Waals surface area contributed by atoms with Gasteiger partial charge in [-0.05, 0) is 37.4 Å². The molecule has 0 saturated carbocycles. The van der Waals surface area contributed by atoms with Crippen LogP contribution in [-0.4, -0.2) is 37.0 Å². The molecule has 2 atom stereocenters. The third-order valence-electron chi connectivity index (χ3n) is 3.62. The highest BCUT2D eigenvalue weighted by Crippen LogP contribution is 2.08. The zero-order valence-corrected chi connectivity index (χ0v) is 12.5. The van der Waals surface area contributed by atoms with Gasteiger partial charge in [-0.15, -0.1) is 0 Å². The van der Waals surface area contributed by atoms with E-state index in [1.54, 1.807) is 12.1 Å². The molecular weight excluding hydrogens is 270 g/mol. The van der Waals surface area contributed by atoms with E-state index in [-0.39, 0.29) is 29.5 Å². The smallest absolute Gasteiger partial charge is 0.287 e. The van der Waals surface area contributed by atoms with Gasteiger partial charge in [-0.2, -0.15) is 0 Å². The number of amides is 2. The molecule has 0 spiro atoms. The average molecular weight is 293 g/mol. The first-order valence-electron chi connectivity index (χ1n) is 7.43. The lowest BCUT2D eigenvalue weighted by Crippen LogP contribution is -2.54. The molecule has 2 amide bonds. The van der Waals surface area contributed by atoms with Gasteiger partial charge < -0.3 is 20.4 Å². The number of furan rings is 1. The van der Waals surface area contributed by atoms with Crippen LogP contribution in [-0.2, 0) is 4.79 Å². The van der Waals surface area contributed by atoms with Gasteiger partial charge in [-0.25, -0.2) is 0 Å². The Morgan fingerprint density at radius 1 is 1.43 bits per heavy atom. The van der Waals surface area contributed by atoms with E-state index in [2.05, 4.69) is 16.0 Å². The molecular formula is C15H23N3O3. The highest BCUT2D eigenvalue weighted by atomic mass is 16.3. The Labute approximate surface area is 124 Å². The van der Waals surface area contributed by atoms with Crippen molar-refractivity contribution in [2.24, 2.45) is 5.92 Å². The Balaban J connectivity index is 1.94. The Hall–Kier alpha value is -1.82. The van der Waals surface area contributed by atoms with E-state index < -0.39 is 6.04 Å². The van der Waals surface area contributed by atoms with E-state index in [4.69, 9.17) is 4.42 Å². The second-order valence-corrected chi connectivity index (χ2v) is 5.72. The van der Waals surface area contributed by atoms with Crippen LogP contribution in [0.3, 0.4) is 0 Å². The van der Waals surface area contributed by atoms with Gasteiger partial charge >= 0.3 is 0 Å². The molecule has 1 aliphatic rings. The summed E-state index contributed by atoms with van der Waals surface area (Å²) in [5, 5.41) is 9.00. The molecule has 1 aliphatic heterocycles. The standard InChI is InChI=1S/C15H23N3O3/c1-10(2)13(18-14(19)12-6-4-8-21-12)15(20)17-11-5-3-7-16-9-11/h4,6,8,10-11,13,16H,3,5,7,9H2,1-2H3,(H,17,20)(H,18,19). The van der Waals surface area contributed by atoms with Crippen LogP contribution in [0.1, 0.15) is 37.2 Å². The summed E-state index contributed by atoms with van der Waals surface area (Å²) < 4.78 is 5.05. The quantitative estimate of drug-likeness (QED) is 0.753. The molecule has 0 radical (unpaired) electrons. The number of nitrogens with one attached hydrogen (secondary N) is 3. The van der Waals surface area contributed by atoms with E-state index in [1.807, 2.05) is 13.8 Å². The highest BCUT2D eigenvalue weighted by molar-refractivity contribution is 5.95. The second-order valence-electron chi connectivity index (χ2n) is 5.72. The van der Waals surface area contributed by atoms with Gasteiger partial charge in [0.25, 0.3) is 5.91 Å². The Morgan fingerprint density at radius 2 is 2.24 bits per heavy atom. The van der Waals surface area contributed by atoms with Crippen molar-refractivity contribution in [3.05, 3.63) is 24.2 Å². The lowest BCUT2D eigenvalue weighted by Gasteiger charge is -2.27.